The highest BCUT2D eigenvalue weighted by molar-refractivity contribution is 5.85. The third kappa shape index (κ3) is 2.44. The van der Waals surface area contributed by atoms with E-state index in [2.05, 4.69) is 4.98 Å². The average molecular weight is 249 g/mol. The number of carboxylic acid groups (broad SMARTS) is 1. The van der Waals surface area contributed by atoms with Crippen molar-refractivity contribution in [1.29, 1.82) is 0 Å². The Balaban J connectivity index is 3.29. The Bertz CT molecular complexity index is 412. The molecule has 0 aliphatic heterocycles. The maximum absolute atomic E-state index is 12.6. The number of alkyl halides is 2. The fraction of sp³-hybridized carbons (Fsp3) is 0.600. The second-order valence-corrected chi connectivity index (χ2v) is 3.63. The molecule has 0 spiro atoms. The highest BCUT2D eigenvalue weighted by Gasteiger charge is 2.35. The van der Waals surface area contributed by atoms with Crippen LogP contribution in [0.25, 0.3) is 0 Å². The molecule has 1 aromatic heterocycles. The van der Waals surface area contributed by atoms with Gasteiger partial charge in [-0.1, -0.05) is 6.92 Å². The molecule has 0 aliphatic carbocycles. The van der Waals surface area contributed by atoms with Gasteiger partial charge in [0, 0.05) is 7.11 Å². The molecule has 1 atom stereocenters. The summed E-state index contributed by atoms with van der Waals surface area (Å²) in [5, 5.41) is 8.73. The van der Waals surface area contributed by atoms with Gasteiger partial charge in [-0.2, -0.15) is 0 Å². The predicted molar refractivity (Wildman–Crippen MR) is 53.1 cm³/mol. The van der Waals surface area contributed by atoms with Gasteiger partial charge < -0.3 is 14.3 Å². The van der Waals surface area contributed by atoms with Crippen LogP contribution in [0.3, 0.4) is 0 Å². The fourth-order valence-electron chi connectivity index (χ4n) is 1.24. The van der Waals surface area contributed by atoms with E-state index in [4.69, 9.17) is 14.3 Å². The molecule has 0 saturated carbocycles. The normalized spacial score (nSPS) is 14.9. The topological polar surface area (TPSA) is 72.6 Å². The number of aromatic carboxylic acids is 1. The Hall–Kier alpha value is -1.50. The molecular formula is C10H13F2NO4. The molecule has 0 radical (unpaired) electrons. The summed E-state index contributed by atoms with van der Waals surface area (Å²) < 4.78 is 35.1. The van der Waals surface area contributed by atoms with E-state index in [0.29, 0.717) is 6.42 Å². The van der Waals surface area contributed by atoms with Crippen LogP contribution in [-0.2, 0) is 10.3 Å². The van der Waals surface area contributed by atoms with Gasteiger partial charge in [0.15, 0.2) is 5.69 Å². The smallest absolute Gasteiger partial charge is 0.374 e. The molecule has 0 aliphatic rings. The summed E-state index contributed by atoms with van der Waals surface area (Å²) in [4.78, 5) is 14.3. The van der Waals surface area contributed by atoms with Crippen LogP contribution < -0.4 is 0 Å². The van der Waals surface area contributed by atoms with Gasteiger partial charge >= 0.3 is 5.97 Å². The van der Waals surface area contributed by atoms with E-state index < -0.39 is 29.4 Å². The summed E-state index contributed by atoms with van der Waals surface area (Å²) >= 11 is 0. The third-order valence-corrected chi connectivity index (χ3v) is 2.63. The van der Waals surface area contributed by atoms with Crippen LogP contribution in [0.4, 0.5) is 8.78 Å². The molecule has 1 heterocycles. The number of hydrogen-bond donors (Lipinski definition) is 1. The van der Waals surface area contributed by atoms with Gasteiger partial charge in [0.2, 0.25) is 11.7 Å². The zero-order valence-corrected chi connectivity index (χ0v) is 9.66. The number of rotatable bonds is 5. The van der Waals surface area contributed by atoms with E-state index >= 15 is 0 Å². The Labute approximate surface area is 96.4 Å². The summed E-state index contributed by atoms with van der Waals surface area (Å²) in [5.74, 6) is -2.57. The van der Waals surface area contributed by atoms with Crippen LogP contribution in [0.15, 0.2) is 4.42 Å². The van der Waals surface area contributed by atoms with Gasteiger partial charge in [-0.25, -0.2) is 18.6 Å². The number of halogens is 2. The Kier molecular flexibility index (Phi) is 3.82. The lowest BCUT2D eigenvalue weighted by atomic mass is 10.0. The summed E-state index contributed by atoms with van der Waals surface area (Å²) in [6, 6.07) is 0. The van der Waals surface area contributed by atoms with Gasteiger partial charge in [-0.15, -0.1) is 0 Å². The lowest BCUT2D eigenvalue weighted by Crippen LogP contribution is -2.23. The van der Waals surface area contributed by atoms with E-state index in [1.807, 2.05) is 0 Å². The van der Waals surface area contributed by atoms with E-state index in [-0.39, 0.29) is 5.89 Å². The van der Waals surface area contributed by atoms with Gasteiger partial charge in [-0.3, -0.25) is 0 Å². The van der Waals surface area contributed by atoms with Gasteiger partial charge in [0.05, 0.1) is 0 Å². The second kappa shape index (κ2) is 4.79. The SMILES string of the molecule is CCC(C)(OC)c1nc(C(F)F)c(C(=O)O)o1. The number of ether oxygens (including phenoxy) is 1. The summed E-state index contributed by atoms with van der Waals surface area (Å²) in [7, 11) is 1.37. The molecule has 0 bridgehead atoms. The summed E-state index contributed by atoms with van der Waals surface area (Å²) in [5.41, 5.74) is -1.89. The van der Waals surface area contributed by atoms with Crippen molar-refractivity contribution in [2.75, 3.05) is 7.11 Å². The summed E-state index contributed by atoms with van der Waals surface area (Å²) in [6.45, 7) is 3.33. The molecular weight excluding hydrogens is 236 g/mol. The molecule has 0 saturated heterocycles. The van der Waals surface area contributed by atoms with Gasteiger partial charge in [0.25, 0.3) is 6.43 Å². The number of oxazole rings is 1. The highest BCUT2D eigenvalue weighted by atomic mass is 19.3. The standard InChI is InChI=1S/C10H13F2NO4/c1-4-10(2,16-3)9-13-5(7(11)12)6(17-9)8(14)15/h7H,4H2,1-3H3,(H,14,15). The monoisotopic (exact) mass is 249 g/mol. The first-order valence-electron chi connectivity index (χ1n) is 4.93. The van der Waals surface area contributed by atoms with E-state index in [9.17, 15) is 13.6 Å². The number of hydrogen-bond acceptors (Lipinski definition) is 4. The van der Waals surface area contributed by atoms with Crippen LogP contribution in [0.1, 0.15) is 48.8 Å². The molecule has 5 nitrogen and oxygen atoms in total. The zero-order chi connectivity index (χ0) is 13.2. The Morgan fingerprint density at radius 3 is 2.53 bits per heavy atom. The van der Waals surface area contributed by atoms with E-state index in [1.165, 1.54) is 7.11 Å². The number of carbonyl (C=O) groups is 1. The van der Waals surface area contributed by atoms with Crippen LogP contribution >= 0.6 is 0 Å². The maximum atomic E-state index is 12.6. The number of aromatic nitrogens is 1. The minimum absolute atomic E-state index is 0.157. The fourth-order valence-corrected chi connectivity index (χ4v) is 1.24. The molecule has 0 fully saturated rings. The molecule has 96 valence electrons. The van der Waals surface area contributed by atoms with Crippen molar-refractivity contribution in [1.82, 2.24) is 4.98 Å². The van der Waals surface area contributed by atoms with Crippen LogP contribution in [0.5, 0.6) is 0 Å². The highest BCUT2D eigenvalue weighted by Crippen LogP contribution is 2.32. The van der Waals surface area contributed by atoms with Gasteiger partial charge in [-0.05, 0) is 13.3 Å². The first kappa shape index (κ1) is 13.6. The van der Waals surface area contributed by atoms with Gasteiger partial charge in [0.1, 0.15) is 5.60 Å². The molecule has 1 aromatic rings. The van der Waals surface area contributed by atoms with Crippen molar-refractivity contribution in [3.8, 4) is 0 Å². The van der Waals surface area contributed by atoms with E-state index in [1.54, 1.807) is 13.8 Å². The molecule has 0 amide bonds. The van der Waals surface area contributed by atoms with Crippen LogP contribution in [0, 0.1) is 0 Å². The molecule has 1 unspecified atom stereocenters. The molecule has 1 rings (SSSR count). The first-order valence-corrected chi connectivity index (χ1v) is 4.93. The molecule has 17 heavy (non-hydrogen) atoms. The Morgan fingerprint density at radius 1 is 1.65 bits per heavy atom. The second-order valence-electron chi connectivity index (χ2n) is 3.63. The van der Waals surface area contributed by atoms with Crippen molar-refractivity contribution < 1.29 is 27.8 Å². The minimum atomic E-state index is -3.00. The zero-order valence-electron chi connectivity index (χ0n) is 9.66. The largest absolute Gasteiger partial charge is 0.475 e. The molecule has 7 heteroatoms. The maximum Gasteiger partial charge on any atom is 0.374 e. The number of nitrogens with zero attached hydrogens (tertiary/aromatic N) is 1. The summed E-state index contributed by atoms with van der Waals surface area (Å²) in [6.07, 6.45) is -2.59. The van der Waals surface area contributed by atoms with Crippen molar-refractivity contribution in [3.05, 3.63) is 17.3 Å². The van der Waals surface area contributed by atoms with E-state index in [0.717, 1.165) is 0 Å². The lowest BCUT2D eigenvalue weighted by Gasteiger charge is -2.22. The number of carboxylic acids is 1. The van der Waals surface area contributed by atoms with Crippen LogP contribution in [-0.4, -0.2) is 23.2 Å². The predicted octanol–water partition coefficient (Wildman–Crippen LogP) is 2.58. The average Bonchev–Trinajstić information content (AvgIpc) is 2.73. The minimum Gasteiger partial charge on any atom is -0.475 e. The molecule has 0 aromatic carbocycles. The quantitative estimate of drug-likeness (QED) is 0.868. The molecule has 1 N–H and O–H groups in total. The number of methoxy groups -OCH3 is 1. The van der Waals surface area contributed by atoms with Crippen molar-refractivity contribution in [3.63, 3.8) is 0 Å². The van der Waals surface area contributed by atoms with Crippen molar-refractivity contribution >= 4 is 5.97 Å². The van der Waals surface area contributed by atoms with Crippen molar-refractivity contribution in [2.24, 2.45) is 0 Å². The third-order valence-electron chi connectivity index (χ3n) is 2.63. The Morgan fingerprint density at radius 2 is 2.24 bits per heavy atom. The lowest BCUT2D eigenvalue weighted by molar-refractivity contribution is -0.0242. The first-order chi connectivity index (χ1) is 7.85. The van der Waals surface area contributed by atoms with Crippen molar-refractivity contribution in [2.45, 2.75) is 32.3 Å². The van der Waals surface area contributed by atoms with Crippen LogP contribution in [0.2, 0.25) is 0 Å².